The predicted molar refractivity (Wildman–Crippen MR) is 108 cm³/mol. The highest BCUT2D eigenvalue weighted by Gasteiger charge is 2.48. The summed E-state index contributed by atoms with van der Waals surface area (Å²) in [6, 6.07) is 0.481. The summed E-state index contributed by atoms with van der Waals surface area (Å²) in [4.78, 5) is 16.7. The van der Waals surface area contributed by atoms with Gasteiger partial charge in [0.15, 0.2) is 0 Å². The van der Waals surface area contributed by atoms with E-state index in [-0.39, 0.29) is 23.1 Å². The lowest BCUT2D eigenvalue weighted by atomic mass is 9.73. The number of aliphatic hydroxyl groups excluding tert-OH is 1. The highest BCUT2D eigenvalue weighted by Crippen LogP contribution is 2.38. The molecule has 0 aromatic heterocycles. The minimum absolute atomic E-state index is 0.0343. The van der Waals surface area contributed by atoms with E-state index >= 15 is 0 Å². The van der Waals surface area contributed by atoms with Gasteiger partial charge in [0, 0.05) is 23.8 Å². The number of nitrogens with zero attached hydrogens (tertiary/aromatic N) is 1. The topological polar surface area (TPSA) is 124 Å². The van der Waals surface area contributed by atoms with Gasteiger partial charge in [0.25, 0.3) is 5.91 Å². The van der Waals surface area contributed by atoms with E-state index in [0.717, 1.165) is 38.5 Å². The first kappa shape index (κ1) is 19.7. The molecule has 1 aliphatic heterocycles. The van der Waals surface area contributed by atoms with Crippen molar-refractivity contribution in [3.05, 3.63) is 11.4 Å². The van der Waals surface area contributed by atoms with Crippen LogP contribution in [0.2, 0.25) is 0 Å². The summed E-state index contributed by atoms with van der Waals surface area (Å²) in [5.74, 6) is -0.780. The van der Waals surface area contributed by atoms with E-state index in [1.807, 2.05) is 0 Å². The lowest BCUT2D eigenvalue weighted by Gasteiger charge is -2.43. The van der Waals surface area contributed by atoms with Gasteiger partial charge in [-0.1, -0.05) is 13.8 Å². The molecule has 8 nitrogen and oxygen atoms in total. The second-order valence-electron chi connectivity index (χ2n) is 9.97. The number of nitrogens with one attached hydrogen (secondary N) is 4. The summed E-state index contributed by atoms with van der Waals surface area (Å²) in [6.07, 6.45) is 8.09. The van der Waals surface area contributed by atoms with E-state index in [9.17, 15) is 9.90 Å². The van der Waals surface area contributed by atoms with Crippen molar-refractivity contribution in [1.29, 1.82) is 0 Å². The van der Waals surface area contributed by atoms with Gasteiger partial charge in [0.2, 0.25) is 5.91 Å². The van der Waals surface area contributed by atoms with Crippen molar-refractivity contribution in [1.82, 2.24) is 21.3 Å². The Labute approximate surface area is 166 Å². The number of primary amides is 1. The Morgan fingerprint density at radius 3 is 2.50 bits per heavy atom. The van der Waals surface area contributed by atoms with Gasteiger partial charge < -0.3 is 21.5 Å². The molecule has 28 heavy (non-hydrogen) atoms. The van der Waals surface area contributed by atoms with Crippen LogP contribution >= 0.6 is 0 Å². The third-order valence-electron chi connectivity index (χ3n) is 6.60. The second kappa shape index (κ2) is 6.71. The third kappa shape index (κ3) is 4.18. The van der Waals surface area contributed by atoms with Gasteiger partial charge in [-0.15, -0.1) is 0 Å². The molecule has 1 heterocycles. The fourth-order valence-electron chi connectivity index (χ4n) is 4.01. The first-order chi connectivity index (χ1) is 13.1. The maximum absolute atomic E-state index is 12.0. The number of carbonyl (C=O) groups is 1. The highest BCUT2D eigenvalue weighted by molar-refractivity contribution is 6.12. The van der Waals surface area contributed by atoms with E-state index in [0.29, 0.717) is 23.9 Å². The van der Waals surface area contributed by atoms with E-state index in [4.69, 9.17) is 5.73 Å². The maximum atomic E-state index is 12.0. The minimum atomic E-state index is -0.847. The molecule has 0 saturated heterocycles. The number of rotatable bonds is 7. The molecule has 7 N–H and O–H groups in total. The smallest absolute Gasteiger partial charge is 0.253 e. The fourth-order valence-corrected chi connectivity index (χ4v) is 4.01. The van der Waals surface area contributed by atoms with Gasteiger partial charge in [-0.2, -0.15) is 0 Å². The zero-order chi connectivity index (χ0) is 20.2. The lowest BCUT2D eigenvalue weighted by molar-refractivity contribution is -0.114. The maximum Gasteiger partial charge on any atom is 0.253 e. The number of aliphatic imine (C=N–C) groups is 1. The predicted octanol–water partition coefficient (Wildman–Crippen LogP) is 0.392. The Bertz CT molecular complexity index is 709. The SMILES string of the molecule is CC1(NC2(NC3CC3)N=CC(C(N)=O)=C(N[C@@H]3CCC(C)(C)[C@H](O)C3)N2)CC1. The van der Waals surface area contributed by atoms with E-state index < -0.39 is 11.8 Å². The molecule has 0 aromatic carbocycles. The van der Waals surface area contributed by atoms with Crippen LogP contribution in [0.15, 0.2) is 16.4 Å². The van der Waals surface area contributed by atoms with Crippen LogP contribution in [0.3, 0.4) is 0 Å². The average Bonchev–Trinajstić information content (AvgIpc) is 3.51. The van der Waals surface area contributed by atoms with Crippen LogP contribution in [0.4, 0.5) is 0 Å². The Morgan fingerprint density at radius 2 is 1.93 bits per heavy atom. The van der Waals surface area contributed by atoms with Crippen molar-refractivity contribution in [3.8, 4) is 0 Å². The van der Waals surface area contributed by atoms with Gasteiger partial charge in [0.05, 0.1) is 11.7 Å². The van der Waals surface area contributed by atoms with Crippen molar-refractivity contribution in [2.24, 2.45) is 16.1 Å². The van der Waals surface area contributed by atoms with Crippen molar-refractivity contribution in [3.63, 3.8) is 0 Å². The highest BCUT2D eigenvalue weighted by atomic mass is 16.3. The molecule has 3 fully saturated rings. The third-order valence-corrected chi connectivity index (χ3v) is 6.60. The Hall–Kier alpha value is -1.64. The number of amides is 1. The molecule has 8 heteroatoms. The monoisotopic (exact) mass is 390 g/mol. The van der Waals surface area contributed by atoms with Crippen molar-refractivity contribution in [2.75, 3.05) is 0 Å². The molecule has 0 radical (unpaired) electrons. The van der Waals surface area contributed by atoms with Crippen LogP contribution in [-0.2, 0) is 4.79 Å². The molecule has 0 bridgehead atoms. The van der Waals surface area contributed by atoms with E-state index in [2.05, 4.69) is 47.0 Å². The lowest BCUT2D eigenvalue weighted by Crippen LogP contribution is -2.70. The number of carbonyl (C=O) groups excluding carboxylic acids is 1. The van der Waals surface area contributed by atoms with Gasteiger partial charge >= 0.3 is 0 Å². The minimum Gasteiger partial charge on any atom is -0.392 e. The molecule has 3 atom stereocenters. The van der Waals surface area contributed by atoms with E-state index in [1.54, 1.807) is 6.21 Å². The molecule has 156 valence electrons. The Morgan fingerprint density at radius 1 is 1.21 bits per heavy atom. The van der Waals surface area contributed by atoms with Gasteiger partial charge in [-0.05, 0) is 57.3 Å². The molecule has 1 unspecified atom stereocenters. The standard InChI is InChI=1S/C20H34N6O2/c1-18(2)7-6-13(10-15(18)27)23-17-14(16(21)28)11-22-20(25-17,24-12-4-5-12)26-19(3)8-9-19/h11-13,15,23-27H,4-10H2,1-3H3,(H2,21,28)/t13-,15-,20?/m1/s1. The first-order valence-corrected chi connectivity index (χ1v) is 10.5. The number of aliphatic hydroxyl groups is 1. The quantitative estimate of drug-likeness (QED) is 0.350. The first-order valence-electron chi connectivity index (χ1n) is 10.5. The Balaban J connectivity index is 1.54. The molecule has 3 aliphatic carbocycles. The zero-order valence-electron chi connectivity index (χ0n) is 17.1. The van der Waals surface area contributed by atoms with Crippen LogP contribution < -0.4 is 27.0 Å². The van der Waals surface area contributed by atoms with Crippen LogP contribution in [0.1, 0.15) is 65.7 Å². The number of nitrogens with two attached hydrogens (primary N) is 1. The van der Waals surface area contributed by atoms with Crippen LogP contribution in [0, 0.1) is 5.41 Å². The zero-order valence-corrected chi connectivity index (χ0v) is 17.1. The largest absolute Gasteiger partial charge is 0.392 e. The fraction of sp³-hybridized carbons (Fsp3) is 0.800. The molecule has 0 aromatic rings. The molecule has 4 aliphatic rings. The molecule has 0 spiro atoms. The van der Waals surface area contributed by atoms with Crippen LogP contribution in [0.25, 0.3) is 0 Å². The molecule has 4 rings (SSSR count). The van der Waals surface area contributed by atoms with Crippen LogP contribution in [0.5, 0.6) is 0 Å². The van der Waals surface area contributed by atoms with Crippen molar-refractivity contribution < 1.29 is 9.90 Å². The normalized spacial score (nSPS) is 36.0. The van der Waals surface area contributed by atoms with E-state index in [1.165, 1.54) is 0 Å². The summed E-state index contributed by atoms with van der Waals surface area (Å²) in [5.41, 5.74) is 5.91. The van der Waals surface area contributed by atoms with Gasteiger partial charge in [-0.25, -0.2) is 4.99 Å². The van der Waals surface area contributed by atoms with Crippen molar-refractivity contribution >= 4 is 12.1 Å². The number of hydrogen-bond acceptors (Lipinski definition) is 7. The summed E-state index contributed by atoms with van der Waals surface area (Å²) < 4.78 is 0. The van der Waals surface area contributed by atoms with Crippen molar-refractivity contribution in [2.45, 2.75) is 95.4 Å². The van der Waals surface area contributed by atoms with Gasteiger partial charge in [-0.3, -0.25) is 15.4 Å². The molecule has 1 amide bonds. The number of hydrogen-bond donors (Lipinski definition) is 6. The molecular formula is C20H34N6O2. The average molecular weight is 391 g/mol. The summed E-state index contributed by atoms with van der Waals surface area (Å²) >= 11 is 0. The molecule has 3 saturated carbocycles. The molecular weight excluding hydrogens is 356 g/mol. The summed E-state index contributed by atoms with van der Waals surface area (Å²) in [5, 5.41) is 24.5. The van der Waals surface area contributed by atoms with Gasteiger partial charge in [0.1, 0.15) is 5.82 Å². The summed E-state index contributed by atoms with van der Waals surface area (Å²) in [6.45, 7) is 6.37. The Kier molecular flexibility index (Phi) is 4.71. The summed E-state index contributed by atoms with van der Waals surface area (Å²) in [7, 11) is 0. The second-order valence-corrected chi connectivity index (χ2v) is 9.97. The van der Waals surface area contributed by atoms with Crippen LogP contribution in [-0.4, -0.2) is 46.9 Å².